The van der Waals surface area contributed by atoms with Crippen LogP contribution >= 0.6 is 0 Å². The fourth-order valence-electron chi connectivity index (χ4n) is 4.71. The maximum Gasteiger partial charge on any atom is 0.471 e. The molecule has 200 valence electrons. The van der Waals surface area contributed by atoms with E-state index in [1.54, 1.807) is 6.07 Å². The topological polar surface area (TPSA) is 99.6 Å². The molecule has 0 bridgehead atoms. The number of alkyl halides is 3. The molecule has 3 rings (SSSR count). The Morgan fingerprint density at radius 1 is 1.19 bits per heavy atom. The number of likely N-dealkylation sites (N-methyl/N-ethyl adjacent to an activating group) is 1. The highest BCUT2D eigenvalue weighted by Crippen LogP contribution is 2.34. The first kappa shape index (κ1) is 27.7. The Kier molecular flexibility index (Phi) is 9.18. The molecule has 2 heterocycles. The number of esters is 1. The van der Waals surface area contributed by atoms with Crippen LogP contribution in [0.5, 0.6) is 0 Å². The number of amides is 1. The predicted octanol–water partition coefficient (Wildman–Crippen LogP) is 2.92. The molecule has 2 aliphatic rings. The summed E-state index contributed by atoms with van der Waals surface area (Å²) in [6, 6.07) is 3.32. The largest absolute Gasteiger partial charge is 0.478 e. The highest BCUT2D eigenvalue weighted by molar-refractivity contribution is 6.05. The number of aromatic carboxylic acids is 1. The minimum atomic E-state index is -5.16. The van der Waals surface area contributed by atoms with Crippen molar-refractivity contribution in [3.8, 4) is 0 Å². The highest BCUT2D eigenvalue weighted by Gasteiger charge is 2.46. The summed E-state index contributed by atoms with van der Waals surface area (Å²) in [6.45, 7) is 6.60. The van der Waals surface area contributed by atoms with Gasteiger partial charge in [0, 0.05) is 64.6 Å². The van der Waals surface area contributed by atoms with Crippen LogP contribution in [-0.4, -0.2) is 92.1 Å². The van der Waals surface area contributed by atoms with Crippen molar-refractivity contribution in [2.45, 2.75) is 51.4 Å². The van der Waals surface area contributed by atoms with Gasteiger partial charge in [-0.15, -0.1) is 0 Å². The van der Waals surface area contributed by atoms with Gasteiger partial charge in [0.25, 0.3) is 0 Å². The normalized spacial score (nSPS) is 19.2. The van der Waals surface area contributed by atoms with Gasteiger partial charge in [0.15, 0.2) is 0 Å². The lowest BCUT2D eigenvalue weighted by molar-refractivity contribution is -0.171. The summed E-state index contributed by atoms with van der Waals surface area (Å²) in [5, 5.41) is 9.72. The average molecular weight is 516 g/mol. The summed E-state index contributed by atoms with van der Waals surface area (Å²) in [7, 11) is 0. The molecule has 9 nitrogen and oxygen atoms in total. The van der Waals surface area contributed by atoms with E-state index in [-0.39, 0.29) is 49.4 Å². The lowest BCUT2D eigenvalue weighted by Crippen LogP contribution is -2.50. The third-order valence-corrected chi connectivity index (χ3v) is 6.48. The van der Waals surface area contributed by atoms with Crippen molar-refractivity contribution < 1.29 is 42.1 Å². The van der Waals surface area contributed by atoms with Gasteiger partial charge in [-0.05, 0) is 44.4 Å². The van der Waals surface area contributed by atoms with Gasteiger partial charge in [-0.3, -0.25) is 14.5 Å². The van der Waals surface area contributed by atoms with Crippen LogP contribution in [0.1, 0.15) is 43.5 Å². The highest BCUT2D eigenvalue weighted by atomic mass is 19.4. The fraction of sp³-hybridized carbons (Fsp3) is 0.625. The van der Waals surface area contributed by atoms with Crippen LogP contribution in [0, 0.1) is 0 Å². The van der Waals surface area contributed by atoms with Gasteiger partial charge in [-0.1, -0.05) is 0 Å². The molecule has 36 heavy (non-hydrogen) atoms. The monoisotopic (exact) mass is 515 g/mol. The summed E-state index contributed by atoms with van der Waals surface area (Å²) in [5.74, 6) is -3.84. The van der Waals surface area contributed by atoms with Crippen LogP contribution in [-0.2, 0) is 19.1 Å². The number of anilines is 2. The van der Waals surface area contributed by atoms with Crippen LogP contribution in [0.4, 0.5) is 24.5 Å². The van der Waals surface area contributed by atoms with Crippen molar-refractivity contribution in [1.29, 1.82) is 0 Å². The molecule has 0 saturated carbocycles. The molecule has 2 fully saturated rings. The molecular formula is C24H32F3N3O6. The number of likely N-dealkylation sites (tertiary alicyclic amines) is 1. The average Bonchev–Trinajstić information content (AvgIpc) is 3.26. The van der Waals surface area contributed by atoms with E-state index in [0.29, 0.717) is 36.8 Å². The summed E-state index contributed by atoms with van der Waals surface area (Å²) in [6.07, 6.45) is -4.27. The van der Waals surface area contributed by atoms with E-state index in [4.69, 9.17) is 9.47 Å². The Morgan fingerprint density at radius 3 is 2.47 bits per heavy atom. The second-order valence-corrected chi connectivity index (χ2v) is 8.92. The van der Waals surface area contributed by atoms with Crippen molar-refractivity contribution in [3.05, 3.63) is 23.8 Å². The smallest absolute Gasteiger partial charge is 0.471 e. The predicted molar refractivity (Wildman–Crippen MR) is 125 cm³/mol. The third-order valence-electron chi connectivity index (χ3n) is 6.48. The van der Waals surface area contributed by atoms with E-state index >= 15 is 0 Å². The molecule has 0 aromatic heterocycles. The molecule has 1 aromatic carbocycles. The number of nitrogens with zero attached hydrogens (tertiary/aromatic N) is 3. The number of hydrogen-bond acceptors (Lipinski definition) is 7. The molecule has 0 spiro atoms. The molecule has 1 aromatic rings. The number of carboxylic acids is 1. The molecule has 0 aliphatic carbocycles. The Labute approximate surface area is 207 Å². The van der Waals surface area contributed by atoms with Crippen molar-refractivity contribution in [3.63, 3.8) is 0 Å². The summed E-state index contributed by atoms with van der Waals surface area (Å²) in [5.41, 5.74) is -0.133. The Hall–Kier alpha value is -2.86. The van der Waals surface area contributed by atoms with Gasteiger partial charge in [-0.25, -0.2) is 4.79 Å². The Morgan fingerprint density at radius 2 is 1.89 bits per heavy atom. The van der Waals surface area contributed by atoms with Crippen LogP contribution in [0.3, 0.4) is 0 Å². The number of benzene rings is 1. The fourth-order valence-corrected chi connectivity index (χ4v) is 4.71. The molecule has 1 N–H and O–H groups in total. The van der Waals surface area contributed by atoms with Gasteiger partial charge < -0.3 is 24.4 Å². The van der Waals surface area contributed by atoms with Gasteiger partial charge in [0.2, 0.25) is 0 Å². The molecule has 2 saturated heterocycles. The molecule has 1 amide bonds. The number of carbonyl (C=O) groups is 3. The van der Waals surface area contributed by atoms with E-state index < -0.39 is 24.1 Å². The van der Waals surface area contributed by atoms with E-state index in [1.165, 1.54) is 19.1 Å². The number of halogens is 3. The number of carboxylic acid groups (broad SMARTS) is 1. The van der Waals surface area contributed by atoms with Crippen molar-refractivity contribution in [2.75, 3.05) is 55.7 Å². The summed E-state index contributed by atoms with van der Waals surface area (Å²) in [4.78, 5) is 40.3. The first-order valence-corrected chi connectivity index (χ1v) is 12.0. The minimum absolute atomic E-state index is 0.166. The van der Waals surface area contributed by atoms with Crippen LogP contribution in [0.2, 0.25) is 0 Å². The Balaban J connectivity index is 1.87. The van der Waals surface area contributed by atoms with E-state index in [2.05, 4.69) is 4.90 Å². The van der Waals surface area contributed by atoms with Crippen LogP contribution < -0.4 is 9.80 Å². The van der Waals surface area contributed by atoms with Gasteiger partial charge in [-0.2, -0.15) is 13.2 Å². The lowest BCUT2D eigenvalue weighted by Gasteiger charge is -2.36. The van der Waals surface area contributed by atoms with Crippen molar-refractivity contribution in [2.24, 2.45) is 0 Å². The first-order chi connectivity index (χ1) is 17.0. The SMILES string of the molecule is CCN(CCN1CCC(OC(C)=O)C1)c1ccc(C(=O)O)c(N(C(=O)C(F)(F)F)C2CCOCC2)c1. The minimum Gasteiger partial charge on any atom is -0.478 e. The molecule has 2 aliphatic heterocycles. The zero-order chi connectivity index (χ0) is 26.5. The molecule has 12 heteroatoms. The zero-order valence-electron chi connectivity index (χ0n) is 20.4. The van der Waals surface area contributed by atoms with Gasteiger partial charge >= 0.3 is 24.0 Å². The van der Waals surface area contributed by atoms with Crippen LogP contribution in [0.25, 0.3) is 0 Å². The van der Waals surface area contributed by atoms with Crippen molar-refractivity contribution >= 4 is 29.2 Å². The number of ether oxygens (including phenoxy) is 2. The quantitative estimate of drug-likeness (QED) is 0.502. The Bertz CT molecular complexity index is 952. The maximum absolute atomic E-state index is 13.6. The number of rotatable bonds is 9. The number of hydrogen-bond donors (Lipinski definition) is 1. The second-order valence-electron chi connectivity index (χ2n) is 8.92. The number of carbonyl (C=O) groups excluding carboxylic acids is 2. The molecule has 1 atom stereocenters. The molecule has 1 unspecified atom stereocenters. The van der Waals surface area contributed by atoms with Gasteiger partial charge in [0.05, 0.1) is 11.3 Å². The lowest BCUT2D eigenvalue weighted by atomic mass is 10.0. The molecular weight excluding hydrogens is 483 g/mol. The standard InChI is InChI=1S/C24H32F3N3O6/c1-3-29(11-10-28-9-6-19(15-28)36-16(2)31)18-4-5-20(22(32)33)21(14-18)30(23(34)24(25,26)27)17-7-12-35-13-8-17/h4-5,14,17,19H,3,6-13,15H2,1-2H3,(H,32,33). The van der Waals surface area contributed by atoms with E-state index in [0.717, 1.165) is 13.0 Å². The van der Waals surface area contributed by atoms with Gasteiger partial charge in [0.1, 0.15) is 6.10 Å². The second kappa shape index (κ2) is 11.9. The van der Waals surface area contributed by atoms with Crippen LogP contribution in [0.15, 0.2) is 18.2 Å². The summed E-state index contributed by atoms with van der Waals surface area (Å²) < 4.78 is 51.3. The first-order valence-electron chi connectivity index (χ1n) is 12.0. The molecule has 0 radical (unpaired) electrons. The third kappa shape index (κ3) is 6.88. The maximum atomic E-state index is 13.6. The van der Waals surface area contributed by atoms with E-state index in [1.807, 2.05) is 11.8 Å². The van der Waals surface area contributed by atoms with Crippen molar-refractivity contribution in [1.82, 2.24) is 4.90 Å². The summed E-state index contributed by atoms with van der Waals surface area (Å²) >= 11 is 0. The van der Waals surface area contributed by atoms with E-state index in [9.17, 15) is 32.7 Å². The zero-order valence-corrected chi connectivity index (χ0v) is 20.4.